The van der Waals surface area contributed by atoms with Crippen LogP contribution in [0, 0.1) is 0 Å². The van der Waals surface area contributed by atoms with Gasteiger partial charge in [0.15, 0.2) is 0 Å². The molecule has 0 aliphatic heterocycles. The van der Waals surface area contributed by atoms with Crippen LogP contribution in [-0.4, -0.2) is 24.3 Å². The molecule has 0 saturated carbocycles. The van der Waals surface area contributed by atoms with Crippen molar-refractivity contribution < 1.29 is 14.6 Å². The number of unbranched alkanes of at least 4 members (excludes halogenated alkanes) is 3. The molecule has 0 aliphatic rings. The molecule has 18 heavy (non-hydrogen) atoms. The number of nitrogens with two attached hydrogens (primary N) is 1. The number of aliphatic hydroxyl groups is 1. The smallest absolute Gasteiger partial charge is 0.340 e. The van der Waals surface area contributed by atoms with Gasteiger partial charge in [0.05, 0.1) is 22.9 Å². The fraction of sp³-hybridized carbons (Fsp3) is 0.462. The molecule has 1 aromatic rings. The van der Waals surface area contributed by atoms with Crippen LogP contribution in [0.3, 0.4) is 0 Å². The summed E-state index contributed by atoms with van der Waals surface area (Å²) in [6.07, 6.45) is 3.44. The molecule has 0 spiro atoms. The summed E-state index contributed by atoms with van der Waals surface area (Å²) < 4.78 is 5.10. The fourth-order valence-electron chi connectivity index (χ4n) is 1.53. The van der Waals surface area contributed by atoms with Crippen molar-refractivity contribution in [2.75, 3.05) is 18.9 Å². The monoisotopic (exact) mass is 271 g/mol. The van der Waals surface area contributed by atoms with Gasteiger partial charge in [0.2, 0.25) is 0 Å². The van der Waals surface area contributed by atoms with E-state index >= 15 is 0 Å². The van der Waals surface area contributed by atoms with Gasteiger partial charge in [-0.3, -0.25) is 0 Å². The number of anilines is 1. The summed E-state index contributed by atoms with van der Waals surface area (Å²) in [5.41, 5.74) is 6.25. The lowest BCUT2D eigenvalue weighted by atomic mass is 10.2. The molecule has 0 radical (unpaired) electrons. The number of hydrogen-bond donors (Lipinski definition) is 2. The average molecular weight is 272 g/mol. The predicted octanol–water partition coefficient (Wildman–Crippen LogP) is 2.63. The molecule has 0 aromatic heterocycles. The molecule has 1 rings (SSSR count). The third kappa shape index (κ3) is 4.55. The first-order valence-electron chi connectivity index (χ1n) is 5.98. The second-order valence-corrected chi connectivity index (χ2v) is 4.38. The van der Waals surface area contributed by atoms with Crippen molar-refractivity contribution in [2.24, 2.45) is 0 Å². The molecule has 5 heteroatoms. The number of aliphatic hydroxyl groups excluding tert-OH is 1. The maximum absolute atomic E-state index is 11.7. The van der Waals surface area contributed by atoms with Gasteiger partial charge in [0.25, 0.3) is 0 Å². The Kier molecular flexibility index (Phi) is 6.54. The first kappa shape index (κ1) is 14.8. The molecule has 4 nitrogen and oxygen atoms in total. The number of esters is 1. The van der Waals surface area contributed by atoms with Gasteiger partial charge in [-0.1, -0.05) is 24.1 Å². The van der Waals surface area contributed by atoms with Crippen LogP contribution in [0.2, 0.25) is 5.02 Å². The summed E-state index contributed by atoms with van der Waals surface area (Å²) in [5, 5.41) is 8.96. The van der Waals surface area contributed by atoms with E-state index in [2.05, 4.69) is 0 Å². The van der Waals surface area contributed by atoms with E-state index in [4.69, 9.17) is 27.2 Å². The highest BCUT2D eigenvalue weighted by molar-refractivity contribution is 6.33. The predicted molar refractivity (Wildman–Crippen MR) is 71.7 cm³/mol. The molecule has 0 atom stereocenters. The Morgan fingerprint density at radius 3 is 2.72 bits per heavy atom. The highest BCUT2D eigenvalue weighted by Gasteiger charge is 2.12. The summed E-state index contributed by atoms with van der Waals surface area (Å²) in [4.78, 5) is 11.7. The van der Waals surface area contributed by atoms with E-state index in [0.717, 1.165) is 25.7 Å². The number of carbonyl (C=O) groups excluding carboxylic acids is 1. The van der Waals surface area contributed by atoms with Crippen LogP contribution < -0.4 is 5.73 Å². The highest BCUT2D eigenvalue weighted by Crippen LogP contribution is 2.22. The Balaban J connectivity index is 2.35. The normalized spacial score (nSPS) is 10.3. The minimum absolute atomic E-state index is 0.207. The molecule has 0 fully saturated rings. The lowest BCUT2D eigenvalue weighted by Gasteiger charge is -2.07. The third-order valence-corrected chi connectivity index (χ3v) is 2.89. The molecule has 3 N–H and O–H groups in total. The van der Waals surface area contributed by atoms with E-state index in [0.29, 0.717) is 17.2 Å². The zero-order chi connectivity index (χ0) is 13.4. The number of para-hydroxylation sites is 1. The summed E-state index contributed by atoms with van der Waals surface area (Å²) in [6, 6.07) is 4.88. The van der Waals surface area contributed by atoms with Crippen LogP contribution in [0.1, 0.15) is 36.0 Å². The van der Waals surface area contributed by atoms with E-state index in [1.165, 1.54) is 0 Å². The van der Waals surface area contributed by atoms with Crippen molar-refractivity contribution in [1.82, 2.24) is 0 Å². The Labute approximate surface area is 112 Å². The van der Waals surface area contributed by atoms with E-state index in [1.807, 2.05) is 0 Å². The molecule has 0 aliphatic carbocycles. The summed E-state index contributed by atoms with van der Waals surface area (Å²) in [5.74, 6) is -0.447. The quantitative estimate of drug-likeness (QED) is 0.454. The Morgan fingerprint density at radius 2 is 2.00 bits per heavy atom. The zero-order valence-electron chi connectivity index (χ0n) is 10.2. The van der Waals surface area contributed by atoms with Crippen molar-refractivity contribution in [3.63, 3.8) is 0 Å². The van der Waals surface area contributed by atoms with Crippen molar-refractivity contribution in [3.8, 4) is 0 Å². The third-order valence-electron chi connectivity index (χ3n) is 2.56. The average Bonchev–Trinajstić information content (AvgIpc) is 2.36. The summed E-state index contributed by atoms with van der Waals surface area (Å²) >= 11 is 5.82. The van der Waals surface area contributed by atoms with Crippen LogP contribution in [0.25, 0.3) is 0 Å². The van der Waals surface area contributed by atoms with Crippen LogP contribution in [-0.2, 0) is 4.74 Å². The number of benzene rings is 1. The van der Waals surface area contributed by atoms with Gasteiger partial charge in [0.1, 0.15) is 0 Å². The molecule has 0 amide bonds. The molecular weight excluding hydrogens is 254 g/mol. The van der Waals surface area contributed by atoms with E-state index in [1.54, 1.807) is 18.2 Å². The second kappa shape index (κ2) is 7.95. The zero-order valence-corrected chi connectivity index (χ0v) is 10.9. The Hall–Kier alpha value is -1.26. The summed E-state index contributed by atoms with van der Waals surface area (Å²) in [6.45, 7) is 0.565. The van der Waals surface area contributed by atoms with Gasteiger partial charge in [0, 0.05) is 6.61 Å². The number of hydrogen-bond acceptors (Lipinski definition) is 4. The molecule has 1 aromatic carbocycles. The minimum Gasteiger partial charge on any atom is -0.462 e. The SMILES string of the molecule is Nc1c(Cl)cccc1C(=O)OCCCCCCO. The van der Waals surface area contributed by atoms with Crippen molar-refractivity contribution in [3.05, 3.63) is 28.8 Å². The molecular formula is C13H18ClNO3. The van der Waals surface area contributed by atoms with Crippen molar-refractivity contribution in [2.45, 2.75) is 25.7 Å². The van der Waals surface area contributed by atoms with Gasteiger partial charge < -0.3 is 15.6 Å². The van der Waals surface area contributed by atoms with Gasteiger partial charge in [-0.2, -0.15) is 0 Å². The molecule has 0 heterocycles. The molecule has 0 unspecified atom stereocenters. The number of halogens is 1. The standard InChI is InChI=1S/C13H18ClNO3/c14-11-7-5-6-10(12(11)15)13(17)18-9-4-2-1-3-8-16/h5-7,16H,1-4,8-9,15H2. The van der Waals surface area contributed by atoms with E-state index in [9.17, 15) is 4.79 Å². The van der Waals surface area contributed by atoms with Gasteiger partial charge in [-0.15, -0.1) is 0 Å². The number of ether oxygens (including phenoxy) is 1. The van der Waals surface area contributed by atoms with Gasteiger partial charge in [-0.05, 0) is 31.4 Å². The fourth-order valence-corrected chi connectivity index (χ4v) is 1.70. The lowest BCUT2D eigenvalue weighted by molar-refractivity contribution is 0.0498. The largest absolute Gasteiger partial charge is 0.462 e. The van der Waals surface area contributed by atoms with Crippen molar-refractivity contribution in [1.29, 1.82) is 0 Å². The molecule has 0 saturated heterocycles. The maximum atomic E-state index is 11.7. The molecule has 100 valence electrons. The Morgan fingerprint density at radius 1 is 1.28 bits per heavy atom. The van der Waals surface area contributed by atoms with Crippen LogP contribution >= 0.6 is 11.6 Å². The number of carbonyl (C=O) groups is 1. The maximum Gasteiger partial charge on any atom is 0.340 e. The van der Waals surface area contributed by atoms with Gasteiger partial charge >= 0.3 is 5.97 Å². The highest BCUT2D eigenvalue weighted by atomic mass is 35.5. The van der Waals surface area contributed by atoms with Gasteiger partial charge in [-0.25, -0.2) is 4.79 Å². The lowest BCUT2D eigenvalue weighted by Crippen LogP contribution is -2.09. The van der Waals surface area contributed by atoms with Crippen LogP contribution in [0.4, 0.5) is 5.69 Å². The van der Waals surface area contributed by atoms with E-state index < -0.39 is 5.97 Å². The number of rotatable bonds is 7. The first-order valence-corrected chi connectivity index (χ1v) is 6.36. The summed E-state index contributed by atoms with van der Waals surface area (Å²) in [7, 11) is 0. The molecule has 0 bridgehead atoms. The second-order valence-electron chi connectivity index (χ2n) is 3.97. The van der Waals surface area contributed by atoms with Crippen LogP contribution in [0.5, 0.6) is 0 Å². The topological polar surface area (TPSA) is 72.6 Å². The Bertz CT molecular complexity index is 396. The first-order chi connectivity index (χ1) is 8.66. The number of nitrogen functional groups attached to an aromatic ring is 1. The van der Waals surface area contributed by atoms with Crippen molar-refractivity contribution >= 4 is 23.3 Å². The minimum atomic E-state index is -0.447. The van der Waals surface area contributed by atoms with Crippen LogP contribution in [0.15, 0.2) is 18.2 Å². The van der Waals surface area contributed by atoms with E-state index in [-0.39, 0.29) is 12.3 Å².